The van der Waals surface area contributed by atoms with E-state index < -0.39 is 0 Å². The van der Waals surface area contributed by atoms with E-state index in [4.69, 9.17) is 4.74 Å². The molecule has 2 nitrogen and oxygen atoms in total. The van der Waals surface area contributed by atoms with Crippen LogP contribution in [0, 0.1) is 0 Å². The first-order valence-electron chi connectivity index (χ1n) is 5.82. The van der Waals surface area contributed by atoms with Crippen molar-refractivity contribution in [3.63, 3.8) is 0 Å². The highest BCUT2D eigenvalue weighted by atomic mass is 35.5. The highest BCUT2D eigenvalue weighted by Crippen LogP contribution is 2.16. The lowest BCUT2D eigenvalue weighted by molar-refractivity contribution is -0.896. The molecule has 0 aromatic carbocycles. The van der Waals surface area contributed by atoms with Gasteiger partial charge in [0.05, 0.1) is 32.3 Å². The van der Waals surface area contributed by atoms with E-state index in [9.17, 15) is 0 Å². The van der Waals surface area contributed by atoms with Crippen molar-refractivity contribution in [3.8, 4) is 0 Å². The Morgan fingerprint density at radius 2 is 1.79 bits per heavy atom. The zero-order valence-corrected chi connectivity index (χ0v) is 10.3. The molecule has 1 rings (SSSR count). The second kappa shape index (κ2) is 8.51. The van der Waals surface area contributed by atoms with Gasteiger partial charge in [0.15, 0.2) is 0 Å². The lowest BCUT2D eigenvalue weighted by Gasteiger charge is -2.14. The van der Waals surface area contributed by atoms with Crippen LogP contribution in [0.5, 0.6) is 0 Å². The quantitative estimate of drug-likeness (QED) is 0.366. The fourth-order valence-corrected chi connectivity index (χ4v) is 1.76. The number of epoxide rings is 1. The molecule has 0 aliphatic carbocycles. The molecule has 14 heavy (non-hydrogen) atoms. The molecule has 1 heterocycles. The Morgan fingerprint density at radius 1 is 1.14 bits per heavy atom. The van der Waals surface area contributed by atoms with Gasteiger partial charge in [0, 0.05) is 0 Å². The summed E-state index contributed by atoms with van der Waals surface area (Å²) in [6.07, 6.45) is 6.09. The molecule has 1 unspecified atom stereocenters. The van der Waals surface area contributed by atoms with E-state index in [-0.39, 0.29) is 12.4 Å². The largest absolute Gasteiger partial charge is 1.00 e. The Bertz CT molecular complexity index is 124. The Kier molecular flexibility index (Phi) is 8.64. The summed E-state index contributed by atoms with van der Waals surface area (Å²) < 4.78 is 5.17. The third kappa shape index (κ3) is 6.63. The average molecular weight is 222 g/mol. The molecule has 1 fully saturated rings. The Labute approximate surface area is 94.4 Å². The third-order valence-corrected chi connectivity index (χ3v) is 2.96. The zero-order valence-electron chi connectivity index (χ0n) is 9.52. The molecule has 3 heteroatoms. The number of quaternary nitrogens is 1. The number of hydrogen-bond donors (Lipinski definition) is 1. The summed E-state index contributed by atoms with van der Waals surface area (Å²) >= 11 is 0. The lowest BCUT2D eigenvalue weighted by atomic mass is 10.1. The lowest BCUT2D eigenvalue weighted by Crippen LogP contribution is -3.11. The van der Waals surface area contributed by atoms with Crippen molar-refractivity contribution < 1.29 is 22.0 Å². The minimum atomic E-state index is 0. The molecule has 0 aromatic heterocycles. The Balaban J connectivity index is 0.00000169. The molecule has 1 aliphatic rings. The summed E-state index contributed by atoms with van der Waals surface area (Å²) in [4.78, 5) is 1.74. The first kappa shape index (κ1) is 14.2. The molecular weight excluding hydrogens is 198 g/mol. The van der Waals surface area contributed by atoms with Crippen LogP contribution in [0.2, 0.25) is 0 Å². The van der Waals surface area contributed by atoms with Gasteiger partial charge in [-0.05, 0) is 33.1 Å². The van der Waals surface area contributed by atoms with E-state index in [1.165, 1.54) is 45.3 Å². The van der Waals surface area contributed by atoms with Crippen LogP contribution in [0.25, 0.3) is 0 Å². The van der Waals surface area contributed by atoms with Gasteiger partial charge in [0.1, 0.15) is 0 Å². The monoisotopic (exact) mass is 221 g/mol. The highest BCUT2D eigenvalue weighted by molar-refractivity contribution is 4.67. The average Bonchev–Trinajstić information content (AvgIpc) is 2.95. The third-order valence-electron chi connectivity index (χ3n) is 2.96. The van der Waals surface area contributed by atoms with Gasteiger partial charge in [-0.1, -0.05) is 6.42 Å². The number of hydrogen-bond acceptors (Lipinski definition) is 1. The van der Waals surface area contributed by atoms with Crippen LogP contribution in [0.3, 0.4) is 0 Å². The van der Waals surface area contributed by atoms with Crippen molar-refractivity contribution >= 4 is 0 Å². The van der Waals surface area contributed by atoms with Gasteiger partial charge < -0.3 is 22.0 Å². The SMILES string of the molecule is CC[NH+](CC)CCCCCC1CO1.[Cl-]. The summed E-state index contributed by atoms with van der Waals surface area (Å²) in [6, 6.07) is 0. The van der Waals surface area contributed by atoms with E-state index in [0.29, 0.717) is 6.10 Å². The van der Waals surface area contributed by atoms with Crippen molar-refractivity contribution in [3.05, 3.63) is 0 Å². The van der Waals surface area contributed by atoms with Crippen molar-refractivity contribution in [2.45, 2.75) is 45.6 Å². The maximum absolute atomic E-state index is 5.17. The molecule has 0 saturated carbocycles. The van der Waals surface area contributed by atoms with Crippen molar-refractivity contribution in [1.29, 1.82) is 0 Å². The van der Waals surface area contributed by atoms with E-state index in [0.717, 1.165) is 6.61 Å². The highest BCUT2D eigenvalue weighted by Gasteiger charge is 2.20. The first-order chi connectivity index (χ1) is 6.36. The predicted molar refractivity (Wildman–Crippen MR) is 55.1 cm³/mol. The maximum atomic E-state index is 5.17. The van der Waals surface area contributed by atoms with E-state index in [1.54, 1.807) is 4.90 Å². The van der Waals surface area contributed by atoms with Gasteiger partial charge >= 0.3 is 0 Å². The van der Waals surface area contributed by atoms with Crippen molar-refractivity contribution in [2.75, 3.05) is 26.2 Å². The van der Waals surface area contributed by atoms with Gasteiger partial charge in [-0.2, -0.15) is 0 Å². The van der Waals surface area contributed by atoms with E-state index >= 15 is 0 Å². The molecule has 86 valence electrons. The van der Waals surface area contributed by atoms with Crippen LogP contribution in [-0.4, -0.2) is 32.3 Å². The standard InChI is InChI=1S/C11H23NO.ClH/c1-3-12(4-2)9-7-5-6-8-11-10-13-11;/h11H,3-10H2,1-2H3;1H. The number of rotatable bonds is 8. The Morgan fingerprint density at radius 3 is 2.29 bits per heavy atom. The molecule has 1 atom stereocenters. The van der Waals surface area contributed by atoms with Crippen LogP contribution in [0.4, 0.5) is 0 Å². The van der Waals surface area contributed by atoms with Gasteiger partial charge in [-0.15, -0.1) is 0 Å². The summed E-state index contributed by atoms with van der Waals surface area (Å²) in [7, 11) is 0. The fourth-order valence-electron chi connectivity index (χ4n) is 1.76. The van der Waals surface area contributed by atoms with Crippen LogP contribution in [0.1, 0.15) is 39.5 Å². The molecule has 0 aromatic rings. The van der Waals surface area contributed by atoms with E-state index in [2.05, 4.69) is 13.8 Å². The second-order valence-corrected chi connectivity index (χ2v) is 4.01. The topological polar surface area (TPSA) is 17.0 Å². The van der Waals surface area contributed by atoms with Gasteiger partial charge in [-0.3, -0.25) is 0 Å². The Hall–Kier alpha value is 0.210. The minimum absolute atomic E-state index is 0. The van der Waals surface area contributed by atoms with E-state index in [1.807, 2.05) is 0 Å². The summed E-state index contributed by atoms with van der Waals surface area (Å²) in [6.45, 7) is 9.50. The summed E-state index contributed by atoms with van der Waals surface area (Å²) in [5, 5.41) is 0. The van der Waals surface area contributed by atoms with Gasteiger partial charge in [0.2, 0.25) is 0 Å². The summed E-state index contributed by atoms with van der Waals surface area (Å²) in [5.74, 6) is 0. The molecule has 0 spiro atoms. The molecule has 0 amide bonds. The molecule has 1 saturated heterocycles. The maximum Gasteiger partial charge on any atom is 0.0810 e. The van der Waals surface area contributed by atoms with Gasteiger partial charge in [-0.25, -0.2) is 0 Å². The van der Waals surface area contributed by atoms with Crippen molar-refractivity contribution in [1.82, 2.24) is 0 Å². The fraction of sp³-hybridized carbons (Fsp3) is 1.00. The molecular formula is C11H24ClNO. The van der Waals surface area contributed by atoms with Crippen molar-refractivity contribution in [2.24, 2.45) is 0 Å². The number of unbranched alkanes of at least 4 members (excludes halogenated alkanes) is 2. The minimum Gasteiger partial charge on any atom is -1.00 e. The first-order valence-corrected chi connectivity index (χ1v) is 5.82. The van der Waals surface area contributed by atoms with Crippen LogP contribution in [-0.2, 0) is 4.74 Å². The summed E-state index contributed by atoms with van der Waals surface area (Å²) in [5.41, 5.74) is 0. The smallest absolute Gasteiger partial charge is 0.0810 e. The second-order valence-electron chi connectivity index (χ2n) is 4.01. The normalized spacial score (nSPS) is 19.5. The molecule has 0 bridgehead atoms. The molecule has 1 aliphatic heterocycles. The number of nitrogens with one attached hydrogen (secondary N) is 1. The van der Waals surface area contributed by atoms with Crippen LogP contribution < -0.4 is 17.3 Å². The molecule has 1 N–H and O–H groups in total. The number of halogens is 1. The predicted octanol–water partition coefficient (Wildman–Crippen LogP) is -2.13. The zero-order chi connectivity index (χ0) is 9.52. The molecule has 0 radical (unpaired) electrons. The number of ether oxygens (including phenoxy) is 1. The van der Waals surface area contributed by atoms with Gasteiger partial charge in [0.25, 0.3) is 0 Å². The van der Waals surface area contributed by atoms with Crippen LogP contribution >= 0.6 is 0 Å². The van der Waals surface area contributed by atoms with Crippen LogP contribution in [0.15, 0.2) is 0 Å².